The van der Waals surface area contributed by atoms with Crippen LogP contribution in [0.5, 0.6) is 0 Å². The zero-order valence-electron chi connectivity index (χ0n) is 8.86. The van der Waals surface area contributed by atoms with E-state index in [2.05, 4.69) is 0 Å². The van der Waals surface area contributed by atoms with E-state index < -0.39 is 28.5 Å². The lowest BCUT2D eigenvalue weighted by Gasteiger charge is -2.09. The number of rotatable bonds is 3. The molecule has 0 aliphatic heterocycles. The molecule has 0 unspecified atom stereocenters. The molecule has 0 heterocycles. The molecule has 1 atom stereocenters. The minimum absolute atomic E-state index is 0.0611. The van der Waals surface area contributed by atoms with Gasteiger partial charge in [0.05, 0.1) is 16.6 Å². The van der Waals surface area contributed by atoms with E-state index in [1.807, 2.05) is 0 Å². The third-order valence-electron chi connectivity index (χ3n) is 2.12. The normalized spacial score (nSPS) is 13.5. The molecule has 0 spiro atoms. The molecule has 0 fully saturated rings. The average Bonchev–Trinajstić information content (AvgIpc) is 2.15. The number of hydrogen-bond donors (Lipinski definition) is 1. The quantitative estimate of drug-likeness (QED) is 0.661. The van der Waals surface area contributed by atoms with Crippen LogP contribution in [-0.2, 0) is 12.6 Å². The van der Waals surface area contributed by atoms with E-state index in [4.69, 9.17) is 5.11 Å². The van der Waals surface area contributed by atoms with Crippen molar-refractivity contribution in [3.8, 4) is 0 Å². The van der Waals surface area contributed by atoms with Crippen LogP contribution in [0.1, 0.15) is 18.1 Å². The molecule has 1 aromatic rings. The zero-order valence-corrected chi connectivity index (χ0v) is 8.86. The molecule has 0 saturated heterocycles. The van der Waals surface area contributed by atoms with Gasteiger partial charge in [-0.2, -0.15) is 13.2 Å². The van der Waals surface area contributed by atoms with E-state index in [9.17, 15) is 23.3 Å². The van der Waals surface area contributed by atoms with Gasteiger partial charge in [-0.15, -0.1) is 0 Å². The van der Waals surface area contributed by atoms with Gasteiger partial charge >= 0.3 is 6.18 Å². The predicted octanol–water partition coefficient (Wildman–Crippen LogP) is 2.54. The van der Waals surface area contributed by atoms with Crippen LogP contribution < -0.4 is 0 Å². The van der Waals surface area contributed by atoms with E-state index >= 15 is 0 Å². The van der Waals surface area contributed by atoms with E-state index in [0.717, 1.165) is 12.1 Å². The number of halogens is 3. The van der Waals surface area contributed by atoms with Crippen LogP contribution in [0.15, 0.2) is 18.2 Å². The summed E-state index contributed by atoms with van der Waals surface area (Å²) in [6.07, 6.45) is -5.53. The van der Waals surface area contributed by atoms with Gasteiger partial charge in [-0.05, 0) is 13.0 Å². The molecule has 1 aromatic carbocycles. The van der Waals surface area contributed by atoms with E-state index in [0.29, 0.717) is 6.07 Å². The number of nitrogens with zero attached hydrogens (tertiary/aromatic N) is 1. The van der Waals surface area contributed by atoms with E-state index in [-0.39, 0.29) is 12.0 Å². The van der Waals surface area contributed by atoms with Crippen molar-refractivity contribution >= 4 is 5.69 Å². The first-order valence-corrected chi connectivity index (χ1v) is 4.74. The maximum atomic E-state index is 12.4. The van der Waals surface area contributed by atoms with Gasteiger partial charge in [-0.25, -0.2) is 0 Å². The lowest BCUT2D eigenvalue weighted by molar-refractivity contribution is -0.385. The molecule has 0 aromatic heterocycles. The molecule has 4 nitrogen and oxygen atoms in total. The maximum Gasteiger partial charge on any atom is 0.416 e. The summed E-state index contributed by atoms with van der Waals surface area (Å²) in [5, 5.41) is 19.7. The zero-order chi connectivity index (χ0) is 13.2. The fourth-order valence-electron chi connectivity index (χ4n) is 1.40. The number of alkyl halides is 3. The number of aliphatic hydroxyl groups excluding tert-OH is 1. The Morgan fingerprint density at radius 1 is 1.47 bits per heavy atom. The number of nitro groups is 1. The van der Waals surface area contributed by atoms with Gasteiger partial charge in [0.25, 0.3) is 5.69 Å². The average molecular weight is 249 g/mol. The first kappa shape index (κ1) is 13.4. The van der Waals surface area contributed by atoms with Crippen LogP contribution in [0, 0.1) is 10.1 Å². The fraction of sp³-hybridized carbons (Fsp3) is 0.400. The van der Waals surface area contributed by atoms with Gasteiger partial charge in [0, 0.05) is 18.1 Å². The molecule has 0 amide bonds. The Hall–Kier alpha value is -1.63. The number of nitro benzene ring substituents is 1. The largest absolute Gasteiger partial charge is 0.416 e. The van der Waals surface area contributed by atoms with E-state index in [1.54, 1.807) is 0 Å². The van der Waals surface area contributed by atoms with Gasteiger partial charge in [0.1, 0.15) is 0 Å². The molecule has 94 valence electrons. The Labute approximate surface area is 94.8 Å². The molecule has 0 aliphatic carbocycles. The van der Waals surface area contributed by atoms with Gasteiger partial charge in [-0.1, -0.05) is 6.07 Å². The van der Waals surface area contributed by atoms with Crippen molar-refractivity contribution in [2.75, 3.05) is 0 Å². The SMILES string of the molecule is C[C@H](O)Cc1ccc(C(F)(F)F)cc1[N+](=O)[O-]. The summed E-state index contributed by atoms with van der Waals surface area (Å²) < 4.78 is 37.1. The van der Waals surface area contributed by atoms with E-state index in [1.165, 1.54) is 6.92 Å². The molecular weight excluding hydrogens is 239 g/mol. The van der Waals surface area contributed by atoms with Crippen molar-refractivity contribution in [2.45, 2.75) is 25.6 Å². The third kappa shape index (κ3) is 3.42. The Morgan fingerprint density at radius 2 is 2.06 bits per heavy atom. The summed E-state index contributed by atoms with van der Waals surface area (Å²) >= 11 is 0. The van der Waals surface area contributed by atoms with Gasteiger partial charge < -0.3 is 5.11 Å². The number of hydrogen-bond acceptors (Lipinski definition) is 3. The van der Waals surface area contributed by atoms with Crippen molar-refractivity contribution < 1.29 is 23.2 Å². The van der Waals surface area contributed by atoms with Gasteiger partial charge in [-0.3, -0.25) is 10.1 Å². The lowest BCUT2D eigenvalue weighted by Crippen LogP contribution is -2.10. The Balaban J connectivity index is 3.22. The minimum Gasteiger partial charge on any atom is -0.393 e. The highest BCUT2D eigenvalue weighted by Gasteiger charge is 2.32. The van der Waals surface area contributed by atoms with Crippen molar-refractivity contribution in [1.82, 2.24) is 0 Å². The van der Waals surface area contributed by atoms with Gasteiger partial charge in [0.2, 0.25) is 0 Å². The molecule has 1 N–H and O–H groups in total. The van der Waals surface area contributed by atoms with Crippen LogP contribution >= 0.6 is 0 Å². The molecule has 7 heteroatoms. The smallest absolute Gasteiger partial charge is 0.393 e. The number of aliphatic hydroxyl groups is 1. The first-order valence-electron chi connectivity index (χ1n) is 4.74. The Bertz CT molecular complexity index is 429. The van der Waals surface area contributed by atoms with Crippen molar-refractivity contribution in [3.63, 3.8) is 0 Å². The molecule has 0 aliphatic rings. The second kappa shape index (κ2) is 4.70. The van der Waals surface area contributed by atoms with Crippen molar-refractivity contribution in [2.24, 2.45) is 0 Å². The molecule has 0 bridgehead atoms. The molecule has 1 rings (SSSR count). The summed E-state index contributed by atoms with van der Waals surface area (Å²) in [5.74, 6) is 0. The van der Waals surface area contributed by atoms with Gasteiger partial charge in [0.15, 0.2) is 0 Å². The summed E-state index contributed by atoms with van der Waals surface area (Å²) in [6.45, 7) is 1.40. The minimum atomic E-state index is -4.62. The summed E-state index contributed by atoms with van der Waals surface area (Å²) in [5.41, 5.74) is -1.61. The van der Waals surface area contributed by atoms with Crippen molar-refractivity contribution in [3.05, 3.63) is 39.4 Å². The molecule has 17 heavy (non-hydrogen) atoms. The molecule has 0 saturated carbocycles. The predicted molar refractivity (Wildman–Crippen MR) is 53.5 cm³/mol. The summed E-state index contributed by atoms with van der Waals surface area (Å²) in [7, 11) is 0. The first-order chi connectivity index (χ1) is 7.71. The highest BCUT2D eigenvalue weighted by Crippen LogP contribution is 2.33. The van der Waals surface area contributed by atoms with Crippen LogP contribution in [0.4, 0.5) is 18.9 Å². The monoisotopic (exact) mass is 249 g/mol. The highest BCUT2D eigenvalue weighted by atomic mass is 19.4. The third-order valence-corrected chi connectivity index (χ3v) is 2.12. The molecular formula is C10H10F3NO3. The summed E-state index contributed by atoms with van der Waals surface area (Å²) in [6, 6.07) is 2.27. The standard InChI is InChI=1S/C10H10F3NO3/c1-6(15)4-7-2-3-8(10(11,12)13)5-9(7)14(16)17/h2-3,5-6,15H,4H2,1H3/t6-/m0/s1. The Morgan fingerprint density at radius 3 is 2.47 bits per heavy atom. The second-order valence-electron chi connectivity index (χ2n) is 3.65. The van der Waals surface area contributed by atoms with Crippen LogP contribution in [0.3, 0.4) is 0 Å². The van der Waals surface area contributed by atoms with Crippen molar-refractivity contribution in [1.29, 1.82) is 0 Å². The lowest BCUT2D eigenvalue weighted by atomic mass is 10.0. The second-order valence-corrected chi connectivity index (χ2v) is 3.65. The van der Waals surface area contributed by atoms with Crippen LogP contribution in [-0.4, -0.2) is 16.1 Å². The van der Waals surface area contributed by atoms with Crippen LogP contribution in [0.2, 0.25) is 0 Å². The van der Waals surface area contributed by atoms with Crippen LogP contribution in [0.25, 0.3) is 0 Å². The summed E-state index contributed by atoms with van der Waals surface area (Å²) in [4.78, 5) is 9.76. The highest BCUT2D eigenvalue weighted by molar-refractivity contribution is 5.44. The Kier molecular flexibility index (Phi) is 3.72. The number of benzene rings is 1. The fourth-order valence-corrected chi connectivity index (χ4v) is 1.40. The molecule has 0 radical (unpaired) electrons. The maximum absolute atomic E-state index is 12.4. The topological polar surface area (TPSA) is 63.4 Å².